The third kappa shape index (κ3) is 4.38. The van der Waals surface area contributed by atoms with Gasteiger partial charge in [0.2, 0.25) is 0 Å². The van der Waals surface area contributed by atoms with Gasteiger partial charge in [-0.05, 0) is 24.7 Å². The third-order valence-corrected chi connectivity index (χ3v) is 2.02. The number of hydrogen-bond acceptors (Lipinski definition) is 2. The Bertz CT molecular complexity index is 85.6. The molecular formula is C9H22N2. The number of nitrogens with two attached hydrogens (primary N) is 1. The van der Waals surface area contributed by atoms with Crippen molar-refractivity contribution >= 4 is 0 Å². The van der Waals surface area contributed by atoms with Crippen LogP contribution in [0.1, 0.15) is 33.6 Å². The molecule has 0 aromatic rings. The van der Waals surface area contributed by atoms with Crippen LogP contribution in [0.25, 0.3) is 0 Å². The molecule has 2 heteroatoms. The molecule has 0 heterocycles. The maximum absolute atomic E-state index is 5.48. The molecular weight excluding hydrogens is 136 g/mol. The molecule has 0 radical (unpaired) electrons. The van der Waals surface area contributed by atoms with Crippen molar-refractivity contribution < 1.29 is 0 Å². The molecule has 0 spiro atoms. The third-order valence-electron chi connectivity index (χ3n) is 2.02. The van der Waals surface area contributed by atoms with E-state index in [2.05, 4.69) is 6.92 Å². The normalized spacial score (nSPS) is 28.9. The average molecular weight is 158 g/mol. The smallest absolute Gasteiger partial charge is 0.0154 e. The van der Waals surface area contributed by atoms with Gasteiger partial charge in [0, 0.05) is 13.6 Å². The van der Waals surface area contributed by atoms with Crippen LogP contribution in [0.4, 0.5) is 0 Å². The average Bonchev–Trinajstić information content (AvgIpc) is 1.88. The topological polar surface area (TPSA) is 29.3 Å². The van der Waals surface area contributed by atoms with Crippen LogP contribution < -0.4 is 5.84 Å². The second-order valence-corrected chi connectivity index (χ2v) is 3.38. The van der Waals surface area contributed by atoms with E-state index >= 15 is 0 Å². The number of rotatable bonds is 2. The minimum absolute atomic E-state index is 0.884. The van der Waals surface area contributed by atoms with Gasteiger partial charge in [-0.3, -0.25) is 5.84 Å². The van der Waals surface area contributed by atoms with Gasteiger partial charge in [-0.25, -0.2) is 5.01 Å². The molecule has 0 amide bonds. The Hall–Kier alpha value is -0.0800. The van der Waals surface area contributed by atoms with Crippen LogP contribution in [-0.4, -0.2) is 18.6 Å². The summed E-state index contributed by atoms with van der Waals surface area (Å²) in [6, 6.07) is 0. The van der Waals surface area contributed by atoms with Gasteiger partial charge >= 0.3 is 0 Å². The summed E-state index contributed by atoms with van der Waals surface area (Å²) < 4.78 is 0. The summed E-state index contributed by atoms with van der Waals surface area (Å²) in [5, 5.41) is 1.79. The van der Waals surface area contributed by atoms with E-state index in [1.54, 1.807) is 5.01 Å². The maximum atomic E-state index is 5.48. The first-order valence-corrected chi connectivity index (χ1v) is 4.64. The molecule has 0 bridgehead atoms. The predicted molar refractivity (Wildman–Crippen MR) is 50.1 cm³/mol. The van der Waals surface area contributed by atoms with Crippen molar-refractivity contribution in [2.45, 2.75) is 33.6 Å². The van der Waals surface area contributed by atoms with Crippen molar-refractivity contribution in [1.82, 2.24) is 5.01 Å². The molecule has 1 rings (SSSR count). The van der Waals surface area contributed by atoms with Gasteiger partial charge in [0.1, 0.15) is 0 Å². The minimum Gasteiger partial charge on any atom is -0.269 e. The van der Waals surface area contributed by atoms with Crippen LogP contribution in [-0.2, 0) is 0 Å². The minimum atomic E-state index is 0.884. The van der Waals surface area contributed by atoms with Crippen LogP contribution in [0.2, 0.25) is 0 Å². The van der Waals surface area contributed by atoms with Crippen molar-refractivity contribution in [2.75, 3.05) is 13.6 Å². The fourth-order valence-corrected chi connectivity index (χ4v) is 1.63. The molecule has 0 aliphatic heterocycles. The van der Waals surface area contributed by atoms with Crippen LogP contribution in [0.5, 0.6) is 0 Å². The van der Waals surface area contributed by atoms with Gasteiger partial charge in [0.05, 0.1) is 0 Å². The second-order valence-electron chi connectivity index (χ2n) is 3.38. The van der Waals surface area contributed by atoms with E-state index in [0.717, 1.165) is 18.4 Å². The molecule has 0 unspecified atom stereocenters. The van der Waals surface area contributed by atoms with E-state index in [1.165, 1.54) is 12.8 Å². The highest BCUT2D eigenvalue weighted by Crippen LogP contribution is 2.32. The largest absolute Gasteiger partial charge is 0.269 e. The lowest BCUT2D eigenvalue weighted by Crippen LogP contribution is -2.36. The summed E-state index contributed by atoms with van der Waals surface area (Å²) in [6.45, 7) is 7.37. The molecule has 0 aromatic carbocycles. The van der Waals surface area contributed by atoms with Crippen molar-refractivity contribution in [3.63, 3.8) is 0 Å². The number of hydrogen-bond donors (Lipinski definition) is 1. The summed E-state index contributed by atoms with van der Waals surface area (Å²) >= 11 is 0. The summed E-state index contributed by atoms with van der Waals surface area (Å²) in [6.07, 6.45) is 2.75. The maximum Gasteiger partial charge on any atom is 0.0154 e. The summed E-state index contributed by atoms with van der Waals surface area (Å²) in [7, 11) is 1.93. The molecule has 0 saturated heterocycles. The van der Waals surface area contributed by atoms with E-state index in [4.69, 9.17) is 5.84 Å². The quantitative estimate of drug-likeness (QED) is 0.491. The second kappa shape index (κ2) is 5.56. The molecule has 0 atom stereocenters. The first-order chi connectivity index (χ1) is 5.18. The SMILES string of the molecule is CC.CC1CC(CN(C)N)C1. The molecule has 1 aliphatic rings. The predicted octanol–water partition coefficient (Wildman–Crippen LogP) is 1.86. The number of nitrogens with zero attached hydrogens (tertiary/aromatic N) is 1. The first-order valence-electron chi connectivity index (χ1n) is 4.64. The van der Waals surface area contributed by atoms with Crippen molar-refractivity contribution in [3.05, 3.63) is 0 Å². The van der Waals surface area contributed by atoms with Gasteiger partial charge in [0.15, 0.2) is 0 Å². The zero-order valence-corrected chi connectivity index (χ0v) is 8.30. The first kappa shape index (κ1) is 10.9. The zero-order chi connectivity index (χ0) is 8.85. The monoisotopic (exact) mass is 158 g/mol. The van der Waals surface area contributed by atoms with Gasteiger partial charge in [-0.2, -0.15) is 0 Å². The standard InChI is InChI=1S/C7H16N2.C2H6/c1-6-3-7(4-6)5-9(2)8;1-2/h6-7H,3-5,8H2,1-2H3;1-2H3. The highest BCUT2D eigenvalue weighted by atomic mass is 15.4. The Morgan fingerprint density at radius 2 is 1.82 bits per heavy atom. The molecule has 1 fully saturated rings. The fourth-order valence-electron chi connectivity index (χ4n) is 1.63. The zero-order valence-electron chi connectivity index (χ0n) is 8.30. The molecule has 1 saturated carbocycles. The Balaban J connectivity index is 0.000000461. The van der Waals surface area contributed by atoms with E-state index in [-0.39, 0.29) is 0 Å². The van der Waals surface area contributed by atoms with Crippen molar-refractivity contribution in [2.24, 2.45) is 17.7 Å². The molecule has 11 heavy (non-hydrogen) atoms. The Kier molecular flexibility index (Phi) is 5.51. The molecule has 2 N–H and O–H groups in total. The van der Waals surface area contributed by atoms with E-state index < -0.39 is 0 Å². The lowest BCUT2D eigenvalue weighted by atomic mass is 9.76. The van der Waals surface area contributed by atoms with E-state index in [0.29, 0.717) is 0 Å². The molecule has 2 nitrogen and oxygen atoms in total. The highest BCUT2D eigenvalue weighted by molar-refractivity contribution is 4.77. The fraction of sp³-hybridized carbons (Fsp3) is 1.00. The lowest BCUT2D eigenvalue weighted by molar-refractivity contribution is 0.152. The molecule has 1 aliphatic carbocycles. The Morgan fingerprint density at radius 3 is 2.09 bits per heavy atom. The Morgan fingerprint density at radius 1 is 1.36 bits per heavy atom. The molecule has 68 valence electrons. The summed E-state index contributed by atoms with van der Waals surface area (Å²) in [5.74, 6) is 7.32. The van der Waals surface area contributed by atoms with Crippen LogP contribution in [0.3, 0.4) is 0 Å². The van der Waals surface area contributed by atoms with E-state index in [1.807, 2.05) is 20.9 Å². The van der Waals surface area contributed by atoms with Crippen LogP contribution >= 0.6 is 0 Å². The van der Waals surface area contributed by atoms with Gasteiger partial charge in [-0.1, -0.05) is 20.8 Å². The summed E-state index contributed by atoms with van der Waals surface area (Å²) in [4.78, 5) is 0. The summed E-state index contributed by atoms with van der Waals surface area (Å²) in [5.41, 5.74) is 0. The van der Waals surface area contributed by atoms with Gasteiger partial charge in [-0.15, -0.1) is 0 Å². The van der Waals surface area contributed by atoms with Crippen LogP contribution in [0, 0.1) is 11.8 Å². The van der Waals surface area contributed by atoms with Crippen molar-refractivity contribution in [1.29, 1.82) is 0 Å². The molecule has 0 aromatic heterocycles. The number of hydrazine groups is 1. The lowest BCUT2D eigenvalue weighted by Gasteiger charge is -2.34. The Labute approximate surface area is 70.7 Å². The van der Waals surface area contributed by atoms with E-state index in [9.17, 15) is 0 Å². The van der Waals surface area contributed by atoms with Crippen LogP contribution in [0.15, 0.2) is 0 Å². The van der Waals surface area contributed by atoms with Gasteiger partial charge in [0.25, 0.3) is 0 Å². The van der Waals surface area contributed by atoms with Gasteiger partial charge < -0.3 is 0 Å². The van der Waals surface area contributed by atoms with Crippen molar-refractivity contribution in [3.8, 4) is 0 Å². The highest BCUT2D eigenvalue weighted by Gasteiger charge is 2.25.